The molecule has 7 nitrogen and oxygen atoms in total. The Kier molecular flexibility index (Phi) is 4.77. The number of amides is 1. The summed E-state index contributed by atoms with van der Waals surface area (Å²) in [7, 11) is 0. The number of H-pyrrole nitrogens is 1. The van der Waals surface area contributed by atoms with Gasteiger partial charge in [-0.05, 0) is 32.0 Å². The summed E-state index contributed by atoms with van der Waals surface area (Å²) in [5.41, 5.74) is 0.500. The van der Waals surface area contributed by atoms with E-state index in [1.165, 1.54) is 25.5 Å². The van der Waals surface area contributed by atoms with Gasteiger partial charge < -0.3 is 19.5 Å². The van der Waals surface area contributed by atoms with Crippen molar-refractivity contribution in [3.63, 3.8) is 0 Å². The van der Waals surface area contributed by atoms with E-state index in [1.54, 1.807) is 19.1 Å². The van der Waals surface area contributed by atoms with Crippen molar-refractivity contribution in [2.75, 3.05) is 6.61 Å². The number of nitrogens with one attached hydrogen (secondary N) is 2. The largest absolute Gasteiger partial charge is 0.467 e. The lowest BCUT2D eigenvalue weighted by Crippen LogP contribution is -2.31. The molecular formula is C15H16N2O5. The number of aromatic amines is 1. The summed E-state index contributed by atoms with van der Waals surface area (Å²) in [6.45, 7) is 2.72. The molecule has 116 valence electrons. The van der Waals surface area contributed by atoms with Crippen LogP contribution in [0.5, 0.6) is 0 Å². The molecule has 0 spiro atoms. The van der Waals surface area contributed by atoms with E-state index in [-0.39, 0.29) is 17.5 Å². The van der Waals surface area contributed by atoms with Gasteiger partial charge in [0.15, 0.2) is 12.4 Å². The number of Topliss-reactive ketones (excluding diaryl/α,β-unsaturated/α-hetero) is 1. The number of hydrogen-bond donors (Lipinski definition) is 2. The Bertz CT molecular complexity index is 672. The molecule has 2 aromatic rings. The molecule has 0 unspecified atom stereocenters. The first-order valence-corrected chi connectivity index (χ1v) is 6.66. The Hall–Kier alpha value is -2.83. The quantitative estimate of drug-likeness (QED) is 0.626. The standard InChI is InChI=1S/C15H16N2O5/c1-9(13-4-3-5-21-13)17-14(19)8-22-15(20)12-6-11(7-16-12)10(2)18/h3-7,9,16H,8H2,1-2H3,(H,17,19)/t9-/m0/s1. The molecule has 2 heterocycles. The van der Waals surface area contributed by atoms with Gasteiger partial charge in [0.1, 0.15) is 11.5 Å². The molecule has 0 radical (unpaired) electrons. The van der Waals surface area contributed by atoms with Gasteiger partial charge in [-0.2, -0.15) is 0 Å². The SMILES string of the molecule is CC(=O)c1c[nH]c(C(=O)OCC(=O)N[C@@H](C)c2ccco2)c1. The number of esters is 1. The molecule has 0 saturated heterocycles. The van der Waals surface area contributed by atoms with E-state index in [1.807, 2.05) is 0 Å². The maximum Gasteiger partial charge on any atom is 0.355 e. The zero-order chi connectivity index (χ0) is 16.1. The van der Waals surface area contributed by atoms with Crippen LogP contribution in [0.1, 0.15) is 46.5 Å². The number of ether oxygens (including phenoxy) is 1. The Balaban J connectivity index is 1.82. The zero-order valence-electron chi connectivity index (χ0n) is 12.2. The lowest BCUT2D eigenvalue weighted by atomic mass is 10.2. The highest BCUT2D eigenvalue weighted by molar-refractivity contribution is 5.97. The molecule has 1 amide bonds. The van der Waals surface area contributed by atoms with Crippen molar-refractivity contribution >= 4 is 17.7 Å². The lowest BCUT2D eigenvalue weighted by Gasteiger charge is -2.11. The summed E-state index contributed by atoms with van der Waals surface area (Å²) in [6, 6.07) is 4.51. The van der Waals surface area contributed by atoms with Crippen molar-refractivity contribution in [1.29, 1.82) is 0 Å². The van der Waals surface area contributed by atoms with Crippen LogP contribution in [-0.2, 0) is 9.53 Å². The molecule has 1 atom stereocenters. The highest BCUT2D eigenvalue weighted by Crippen LogP contribution is 2.12. The first kappa shape index (κ1) is 15.6. The van der Waals surface area contributed by atoms with E-state index >= 15 is 0 Å². The van der Waals surface area contributed by atoms with E-state index in [4.69, 9.17) is 9.15 Å². The molecule has 22 heavy (non-hydrogen) atoms. The van der Waals surface area contributed by atoms with E-state index in [0.29, 0.717) is 11.3 Å². The number of aromatic nitrogens is 1. The Labute approximate surface area is 126 Å². The van der Waals surface area contributed by atoms with Crippen molar-refractivity contribution in [3.8, 4) is 0 Å². The predicted molar refractivity (Wildman–Crippen MR) is 76.3 cm³/mol. The van der Waals surface area contributed by atoms with Crippen LogP contribution in [0.2, 0.25) is 0 Å². The monoisotopic (exact) mass is 304 g/mol. The molecule has 0 bridgehead atoms. The van der Waals surface area contributed by atoms with Crippen LogP contribution in [0, 0.1) is 0 Å². The minimum atomic E-state index is -0.701. The van der Waals surface area contributed by atoms with Gasteiger partial charge in [-0.15, -0.1) is 0 Å². The number of carbonyl (C=O) groups is 3. The van der Waals surface area contributed by atoms with Gasteiger partial charge in [-0.3, -0.25) is 9.59 Å². The Morgan fingerprint density at radius 1 is 1.41 bits per heavy atom. The normalized spacial score (nSPS) is 11.7. The molecule has 2 rings (SSSR count). The minimum absolute atomic E-state index is 0.122. The van der Waals surface area contributed by atoms with E-state index in [2.05, 4.69) is 10.3 Å². The number of hydrogen-bond acceptors (Lipinski definition) is 5. The van der Waals surface area contributed by atoms with Crippen LogP contribution < -0.4 is 5.32 Å². The summed E-state index contributed by atoms with van der Waals surface area (Å²) in [5, 5.41) is 2.64. The highest BCUT2D eigenvalue weighted by atomic mass is 16.5. The summed E-state index contributed by atoms with van der Waals surface area (Å²) >= 11 is 0. The van der Waals surface area contributed by atoms with Crippen LogP contribution in [0.3, 0.4) is 0 Å². The smallest absolute Gasteiger partial charge is 0.355 e. The first-order valence-electron chi connectivity index (χ1n) is 6.66. The van der Waals surface area contributed by atoms with Crippen molar-refractivity contribution in [3.05, 3.63) is 47.7 Å². The summed E-state index contributed by atoms with van der Waals surface area (Å²) < 4.78 is 10.0. The highest BCUT2D eigenvalue weighted by Gasteiger charge is 2.16. The van der Waals surface area contributed by atoms with Gasteiger partial charge in [0, 0.05) is 11.8 Å². The number of ketones is 1. The zero-order valence-corrected chi connectivity index (χ0v) is 12.2. The summed E-state index contributed by atoms with van der Waals surface area (Å²) in [4.78, 5) is 37.2. The second kappa shape index (κ2) is 6.75. The Morgan fingerprint density at radius 2 is 2.18 bits per heavy atom. The van der Waals surface area contributed by atoms with Gasteiger partial charge in [0.05, 0.1) is 12.3 Å². The van der Waals surface area contributed by atoms with Gasteiger partial charge in [-0.1, -0.05) is 0 Å². The van der Waals surface area contributed by atoms with Crippen molar-refractivity contribution in [1.82, 2.24) is 10.3 Å². The molecule has 0 aliphatic rings. The molecule has 0 saturated carbocycles. The Morgan fingerprint density at radius 3 is 2.77 bits per heavy atom. The van der Waals surface area contributed by atoms with Gasteiger partial charge in [0.25, 0.3) is 5.91 Å². The van der Waals surface area contributed by atoms with Crippen LogP contribution >= 0.6 is 0 Å². The first-order chi connectivity index (χ1) is 10.5. The lowest BCUT2D eigenvalue weighted by molar-refractivity contribution is -0.125. The summed E-state index contributed by atoms with van der Waals surface area (Å²) in [6.07, 6.45) is 2.92. The average Bonchev–Trinajstić information content (AvgIpc) is 3.15. The van der Waals surface area contributed by atoms with Crippen molar-refractivity contribution < 1.29 is 23.5 Å². The molecule has 0 aliphatic carbocycles. The predicted octanol–water partition coefficient (Wildman–Crippen LogP) is 1.84. The van der Waals surface area contributed by atoms with Gasteiger partial charge >= 0.3 is 5.97 Å². The van der Waals surface area contributed by atoms with E-state index in [9.17, 15) is 14.4 Å². The number of furan rings is 1. The van der Waals surface area contributed by atoms with Crippen molar-refractivity contribution in [2.24, 2.45) is 0 Å². The average molecular weight is 304 g/mol. The van der Waals surface area contributed by atoms with Crippen LogP contribution in [0.15, 0.2) is 35.1 Å². The third-order valence-electron chi connectivity index (χ3n) is 2.99. The fourth-order valence-electron chi connectivity index (χ4n) is 1.82. The molecular weight excluding hydrogens is 288 g/mol. The molecule has 0 aliphatic heterocycles. The maximum atomic E-state index is 11.7. The fraction of sp³-hybridized carbons (Fsp3) is 0.267. The molecule has 2 aromatic heterocycles. The second-order valence-electron chi connectivity index (χ2n) is 4.74. The van der Waals surface area contributed by atoms with Crippen LogP contribution in [-0.4, -0.2) is 29.3 Å². The minimum Gasteiger partial charge on any atom is -0.467 e. The van der Waals surface area contributed by atoms with Crippen LogP contribution in [0.25, 0.3) is 0 Å². The molecule has 0 aromatic carbocycles. The van der Waals surface area contributed by atoms with Crippen molar-refractivity contribution in [2.45, 2.75) is 19.9 Å². The molecule has 0 fully saturated rings. The summed E-state index contributed by atoms with van der Waals surface area (Å²) in [5.74, 6) is -0.709. The topological polar surface area (TPSA) is 101 Å². The molecule has 2 N–H and O–H groups in total. The second-order valence-corrected chi connectivity index (χ2v) is 4.74. The van der Waals surface area contributed by atoms with Gasteiger partial charge in [-0.25, -0.2) is 4.79 Å². The fourth-order valence-corrected chi connectivity index (χ4v) is 1.82. The van der Waals surface area contributed by atoms with E-state index < -0.39 is 18.5 Å². The number of carbonyl (C=O) groups excluding carboxylic acids is 3. The van der Waals surface area contributed by atoms with E-state index in [0.717, 1.165) is 0 Å². The maximum absolute atomic E-state index is 11.7. The third-order valence-corrected chi connectivity index (χ3v) is 2.99. The number of rotatable bonds is 6. The van der Waals surface area contributed by atoms with Crippen LogP contribution in [0.4, 0.5) is 0 Å². The third kappa shape index (κ3) is 3.85. The molecule has 7 heteroatoms. The van der Waals surface area contributed by atoms with Gasteiger partial charge in [0.2, 0.25) is 0 Å².